The average molecular weight is 169 g/mol. The zero-order chi connectivity index (χ0) is 9.78. The Balaban J connectivity index is 3.91. The summed E-state index contributed by atoms with van der Waals surface area (Å²) >= 11 is 0. The molecule has 12 heavy (non-hydrogen) atoms. The predicted molar refractivity (Wildman–Crippen MR) is 51.9 cm³/mol. The van der Waals surface area contributed by atoms with Crippen LogP contribution in [0.1, 0.15) is 34.6 Å². The zero-order valence-electron chi connectivity index (χ0n) is 8.64. The van der Waals surface area contributed by atoms with Gasteiger partial charge < -0.3 is 5.32 Å². The number of hydrogen-bond acceptors (Lipinski definition) is 1. The van der Waals surface area contributed by atoms with Crippen molar-refractivity contribution < 1.29 is 4.79 Å². The van der Waals surface area contributed by atoms with Gasteiger partial charge >= 0.3 is 0 Å². The van der Waals surface area contributed by atoms with Gasteiger partial charge in [-0.25, -0.2) is 0 Å². The van der Waals surface area contributed by atoms with Gasteiger partial charge in [0.05, 0.1) is 0 Å². The number of rotatable bonds is 2. The molecule has 0 unspecified atom stereocenters. The molecule has 2 nitrogen and oxygen atoms in total. The second-order valence-corrected chi connectivity index (χ2v) is 4.34. The van der Waals surface area contributed by atoms with E-state index in [0.717, 1.165) is 0 Å². The molecule has 0 radical (unpaired) electrons. The summed E-state index contributed by atoms with van der Waals surface area (Å²) in [5, 5.41) is 2.85. The molecule has 0 aromatic rings. The van der Waals surface area contributed by atoms with Crippen LogP contribution in [0.15, 0.2) is 12.2 Å². The van der Waals surface area contributed by atoms with Gasteiger partial charge in [0.1, 0.15) is 0 Å². The molecular formula is C10H19NO. The number of carbonyl (C=O) groups excluding carboxylic acids is 1. The highest BCUT2D eigenvalue weighted by atomic mass is 16.1. The van der Waals surface area contributed by atoms with E-state index < -0.39 is 0 Å². The summed E-state index contributed by atoms with van der Waals surface area (Å²) in [4.78, 5) is 11.2. The van der Waals surface area contributed by atoms with Crippen molar-refractivity contribution in [1.29, 1.82) is 0 Å². The van der Waals surface area contributed by atoms with Gasteiger partial charge in [0, 0.05) is 5.54 Å². The van der Waals surface area contributed by atoms with Crippen molar-refractivity contribution >= 4 is 5.91 Å². The number of nitrogens with one attached hydrogen (secondary N) is 1. The molecule has 0 aromatic carbocycles. The Bertz CT molecular complexity index is 175. The van der Waals surface area contributed by atoms with Crippen LogP contribution in [0, 0.1) is 5.92 Å². The third-order valence-corrected chi connectivity index (χ3v) is 1.13. The van der Waals surface area contributed by atoms with E-state index in [1.807, 2.05) is 40.7 Å². The molecule has 70 valence electrons. The van der Waals surface area contributed by atoms with Gasteiger partial charge in [-0.05, 0) is 32.8 Å². The predicted octanol–water partition coefficient (Wildman–Crippen LogP) is 2.11. The first-order valence-corrected chi connectivity index (χ1v) is 4.31. The molecule has 1 amide bonds. The Labute approximate surface area is 75.0 Å². The van der Waals surface area contributed by atoms with Crippen molar-refractivity contribution in [2.45, 2.75) is 40.2 Å². The van der Waals surface area contributed by atoms with E-state index in [9.17, 15) is 4.79 Å². The van der Waals surface area contributed by atoms with Gasteiger partial charge in [-0.1, -0.05) is 19.9 Å². The first-order chi connectivity index (χ1) is 5.31. The van der Waals surface area contributed by atoms with Crippen LogP contribution in [0.2, 0.25) is 0 Å². The van der Waals surface area contributed by atoms with Crippen LogP contribution >= 0.6 is 0 Å². The summed E-state index contributed by atoms with van der Waals surface area (Å²) in [5.41, 5.74) is -0.140. The lowest BCUT2D eigenvalue weighted by molar-refractivity contribution is -0.117. The number of allylic oxidation sites excluding steroid dienone is 1. The Morgan fingerprint density at radius 2 is 1.83 bits per heavy atom. The summed E-state index contributed by atoms with van der Waals surface area (Å²) in [6, 6.07) is 0. The Kier molecular flexibility index (Phi) is 4.01. The highest BCUT2D eigenvalue weighted by Crippen LogP contribution is 1.99. The van der Waals surface area contributed by atoms with Crippen molar-refractivity contribution in [3.8, 4) is 0 Å². The monoisotopic (exact) mass is 169 g/mol. The minimum Gasteiger partial charge on any atom is -0.348 e. The summed E-state index contributed by atoms with van der Waals surface area (Å²) in [7, 11) is 0. The van der Waals surface area contributed by atoms with Crippen LogP contribution < -0.4 is 5.32 Å². The lowest BCUT2D eigenvalue weighted by Gasteiger charge is -2.19. The van der Waals surface area contributed by atoms with E-state index in [0.29, 0.717) is 5.92 Å². The molecule has 0 heterocycles. The number of carbonyl (C=O) groups is 1. The van der Waals surface area contributed by atoms with Crippen molar-refractivity contribution in [1.82, 2.24) is 5.32 Å². The van der Waals surface area contributed by atoms with Crippen molar-refractivity contribution in [3.63, 3.8) is 0 Å². The maximum atomic E-state index is 11.2. The first kappa shape index (κ1) is 11.2. The minimum absolute atomic E-state index is 0.0174. The average Bonchev–Trinajstić information content (AvgIpc) is 1.79. The van der Waals surface area contributed by atoms with E-state index in [1.54, 1.807) is 6.08 Å². The first-order valence-electron chi connectivity index (χ1n) is 4.31. The Morgan fingerprint density at radius 3 is 2.17 bits per heavy atom. The van der Waals surface area contributed by atoms with E-state index in [-0.39, 0.29) is 11.4 Å². The minimum atomic E-state index is -0.140. The SMILES string of the molecule is CC(C)/C=C/C(=O)NC(C)(C)C. The lowest BCUT2D eigenvalue weighted by Crippen LogP contribution is -2.39. The molecule has 0 rings (SSSR count). The second-order valence-electron chi connectivity index (χ2n) is 4.34. The van der Waals surface area contributed by atoms with Crippen molar-refractivity contribution in [2.75, 3.05) is 0 Å². The van der Waals surface area contributed by atoms with Gasteiger partial charge in [-0.2, -0.15) is 0 Å². The van der Waals surface area contributed by atoms with Gasteiger partial charge in [-0.3, -0.25) is 4.79 Å². The van der Waals surface area contributed by atoms with Gasteiger partial charge in [0.2, 0.25) is 5.91 Å². The van der Waals surface area contributed by atoms with Gasteiger partial charge in [-0.15, -0.1) is 0 Å². The normalized spacial score (nSPS) is 12.5. The van der Waals surface area contributed by atoms with E-state index >= 15 is 0 Å². The second kappa shape index (κ2) is 4.29. The topological polar surface area (TPSA) is 29.1 Å². The lowest BCUT2D eigenvalue weighted by atomic mass is 10.1. The Morgan fingerprint density at radius 1 is 1.33 bits per heavy atom. The summed E-state index contributed by atoms with van der Waals surface area (Å²) in [5.74, 6) is 0.409. The molecule has 0 bridgehead atoms. The highest BCUT2D eigenvalue weighted by molar-refractivity contribution is 5.87. The molecule has 1 N–H and O–H groups in total. The van der Waals surface area contributed by atoms with Crippen LogP contribution in [0.3, 0.4) is 0 Å². The van der Waals surface area contributed by atoms with Crippen LogP contribution in [-0.2, 0) is 4.79 Å². The molecule has 0 saturated heterocycles. The summed E-state index contributed by atoms with van der Waals surface area (Å²) in [6.45, 7) is 9.98. The van der Waals surface area contributed by atoms with Crippen LogP contribution in [0.5, 0.6) is 0 Å². The third kappa shape index (κ3) is 7.32. The molecular weight excluding hydrogens is 150 g/mol. The molecule has 0 aromatic heterocycles. The summed E-state index contributed by atoms with van der Waals surface area (Å²) < 4.78 is 0. The number of amides is 1. The van der Waals surface area contributed by atoms with E-state index in [4.69, 9.17) is 0 Å². The molecule has 0 spiro atoms. The highest BCUT2D eigenvalue weighted by Gasteiger charge is 2.10. The maximum absolute atomic E-state index is 11.2. The van der Waals surface area contributed by atoms with Crippen molar-refractivity contribution in [3.05, 3.63) is 12.2 Å². The van der Waals surface area contributed by atoms with Crippen LogP contribution in [-0.4, -0.2) is 11.4 Å². The molecule has 0 fully saturated rings. The van der Waals surface area contributed by atoms with Gasteiger partial charge in [0.15, 0.2) is 0 Å². The smallest absolute Gasteiger partial charge is 0.244 e. The quantitative estimate of drug-likeness (QED) is 0.630. The standard InChI is InChI=1S/C10H19NO/c1-8(2)6-7-9(12)11-10(3,4)5/h6-8H,1-5H3,(H,11,12)/b7-6+. The fourth-order valence-corrected chi connectivity index (χ4v) is 0.691. The fourth-order valence-electron chi connectivity index (χ4n) is 0.691. The molecule has 0 aliphatic heterocycles. The Hall–Kier alpha value is -0.790. The molecule has 0 aliphatic rings. The van der Waals surface area contributed by atoms with E-state index in [1.165, 1.54) is 0 Å². The zero-order valence-corrected chi connectivity index (χ0v) is 8.64. The molecule has 0 atom stereocenters. The van der Waals surface area contributed by atoms with Crippen molar-refractivity contribution in [2.24, 2.45) is 5.92 Å². The third-order valence-electron chi connectivity index (χ3n) is 1.13. The van der Waals surface area contributed by atoms with E-state index in [2.05, 4.69) is 5.32 Å². The molecule has 0 aliphatic carbocycles. The van der Waals surface area contributed by atoms with Crippen LogP contribution in [0.25, 0.3) is 0 Å². The maximum Gasteiger partial charge on any atom is 0.244 e. The number of hydrogen-bond donors (Lipinski definition) is 1. The van der Waals surface area contributed by atoms with Crippen LogP contribution in [0.4, 0.5) is 0 Å². The summed E-state index contributed by atoms with van der Waals surface area (Å²) in [6.07, 6.45) is 3.48. The van der Waals surface area contributed by atoms with Gasteiger partial charge in [0.25, 0.3) is 0 Å². The molecule has 2 heteroatoms. The molecule has 0 saturated carbocycles. The largest absolute Gasteiger partial charge is 0.348 e. The fraction of sp³-hybridized carbons (Fsp3) is 0.700.